The second-order valence-corrected chi connectivity index (χ2v) is 5.31. The minimum absolute atomic E-state index is 0.385. The van der Waals surface area contributed by atoms with E-state index in [1.807, 2.05) is 0 Å². The molecule has 0 aromatic carbocycles. The summed E-state index contributed by atoms with van der Waals surface area (Å²) in [5.74, 6) is 0.625. The third kappa shape index (κ3) is 5.53. The predicted molar refractivity (Wildman–Crippen MR) is 67.0 cm³/mol. The van der Waals surface area contributed by atoms with Gasteiger partial charge in [-0.1, -0.05) is 33.1 Å². The van der Waals surface area contributed by atoms with Crippen LogP contribution in [-0.4, -0.2) is 30.6 Å². The average molecular weight is 212 g/mol. The molecule has 0 amide bonds. The van der Waals surface area contributed by atoms with Gasteiger partial charge in [0.15, 0.2) is 0 Å². The zero-order chi connectivity index (χ0) is 11.1. The van der Waals surface area contributed by atoms with E-state index in [2.05, 4.69) is 18.7 Å². The van der Waals surface area contributed by atoms with Crippen LogP contribution in [0.1, 0.15) is 52.4 Å². The molecule has 0 radical (unpaired) electrons. The minimum atomic E-state index is 0.385. The molecule has 1 fully saturated rings. The number of likely N-dealkylation sites (tertiary alicyclic amines) is 1. The average Bonchev–Trinajstić information content (AvgIpc) is 2.15. The van der Waals surface area contributed by atoms with Crippen LogP contribution in [0.3, 0.4) is 0 Å². The van der Waals surface area contributed by atoms with Gasteiger partial charge in [-0.3, -0.25) is 0 Å². The van der Waals surface area contributed by atoms with E-state index in [1.54, 1.807) is 0 Å². The molecule has 2 nitrogen and oxygen atoms in total. The lowest BCUT2D eigenvalue weighted by molar-refractivity contribution is 0.232. The number of nitrogens with zero attached hydrogens (tertiary/aromatic N) is 1. The molecule has 1 heterocycles. The molecule has 2 N–H and O–H groups in total. The Morgan fingerprint density at radius 3 is 2.07 bits per heavy atom. The summed E-state index contributed by atoms with van der Waals surface area (Å²) in [5.41, 5.74) is 6.08. The molecule has 1 aliphatic heterocycles. The van der Waals surface area contributed by atoms with Gasteiger partial charge in [0.05, 0.1) is 0 Å². The van der Waals surface area contributed by atoms with E-state index < -0.39 is 0 Å². The Kier molecular flexibility index (Phi) is 6.26. The lowest BCUT2D eigenvalue weighted by Gasteiger charge is -2.26. The highest BCUT2D eigenvalue weighted by Gasteiger charge is 2.11. The molecular formula is C13H28N2. The Hall–Kier alpha value is -0.0800. The highest BCUT2D eigenvalue weighted by atomic mass is 15.1. The van der Waals surface area contributed by atoms with Crippen molar-refractivity contribution >= 4 is 0 Å². The van der Waals surface area contributed by atoms with Gasteiger partial charge in [-0.05, 0) is 44.8 Å². The van der Waals surface area contributed by atoms with E-state index in [9.17, 15) is 0 Å². The largest absolute Gasteiger partial charge is 0.327 e. The maximum absolute atomic E-state index is 6.08. The first kappa shape index (κ1) is 13.0. The Bertz CT molecular complexity index is 149. The fourth-order valence-electron chi connectivity index (χ4n) is 2.20. The number of hydrogen-bond acceptors (Lipinski definition) is 2. The monoisotopic (exact) mass is 212 g/mol. The fourth-order valence-corrected chi connectivity index (χ4v) is 2.20. The summed E-state index contributed by atoms with van der Waals surface area (Å²) in [5, 5.41) is 0. The van der Waals surface area contributed by atoms with Crippen molar-refractivity contribution in [2.75, 3.05) is 19.6 Å². The van der Waals surface area contributed by atoms with Crippen LogP contribution in [0.4, 0.5) is 0 Å². The molecular weight excluding hydrogens is 184 g/mol. The van der Waals surface area contributed by atoms with Crippen LogP contribution in [0.25, 0.3) is 0 Å². The zero-order valence-corrected chi connectivity index (χ0v) is 10.5. The Balaban J connectivity index is 2.17. The Morgan fingerprint density at radius 1 is 1.00 bits per heavy atom. The van der Waals surface area contributed by atoms with Crippen molar-refractivity contribution in [1.82, 2.24) is 4.90 Å². The number of rotatable bonds is 4. The Labute approximate surface area is 95.2 Å². The van der Waals surface area contributed by atoms with Crippen molar-refractivity contribution in [3.05, 3.63) is 0 Å². The van der Waals surface area contributed by atoms with Crippen molar-refractivity contribution in [2.24, 2.45) is 11.7 Å². The molecule has 2 heteroatoms. The first-order valence-corrected chi connectivity index (χ1v) is 6.68. The van der Waals surface area contributed by atoms with Crippen LogP contribution in [-0.2, 0) is 0 Å². The van der Waals surface area contributed by atoms with Crippen molar-refractivity contribution in [1.29, 1.82) is 0 Å². The smallest absolute Gasteiger partial charge is 0.00740 e. The normalized spacial score (nSPS) is 22.4. The zero-order valence-electron chi connectivity index (χ0n) is 10.5. The molecule has 0 saturated carbocycles. The van der Waals surface area contributed by atoms with E-state index in [4.69, 9.17) is 5.73 Å². The number of hydrogen-bond donors (Lipinski definition) is 1. The van der Waals surface area contributed by atoms with E-state index in [1.165, 1.54) is 51.7 Å². The van der Waals surface area contributed by atoms with Crippen LogP contribution in [0.5, 0.6) is 0 Å². The van der Waals surface area contributed by atoms with E-state index >= 15 is 0 Å². The summed E-state index contributed by atoms with van der Waals surface area (Å²) in [6.07, 6.45) is 8.23. The number of nitrogens with two attached hydrogens (primary N) is 1. The molecule has 1 atom stereocenters. The summed E-state index contributed by atoms with van der Waals surface area (Å²) in [6, 6.07) is 0.385. The maximum Gasteiger partial charge on any atom is 0.00740 e. The van der Waals surface area contributed by atoms with Gasteiger partial charge in [0.25, 0.3) is 0 Å². The van der Waals surface area contributed by atoms with Gasteiger partial charge in [-0.15, -0.1) is 0 Å². The van der Waals surface area contributed by atoms with E-state index in [-0.39, 0.29) is 0 Å². The molecule has 15 heavy (non-hydrogen) atoms. The lowest BCUT2D eigenvalue weighted by Crippen LogP contribution is -2.35. The van der Waals surface area contributed by atoms with Crippen LogP contribution in [0.2, 0.25) is 0 Å². The first-order chi connectivity index (χ1) is 7.20. The second-order valence-electron chi connectivity index (χ2n) is 5.31. The highest BCUT2D eigenvalue weighted by molar-refractivity contribution is 4.69. The highest BCUT2D eigenvalue weighted by Crippen LogP contribution is 2.12. The van der Waals surface area contributed by atoms with Crippen LogP contribution in [0.15, 0.2) is 0 Å². The van der Waals surface area contributed by atoms with Gasteiger partial charge in [-0.25, -0.2) is 0 Å². The van der Waals surface area contributed by atoms with Gasteiger partial charge < -0.3 is 10.6 Å². The topological polar surface area (TPSA) is 29.3 Å². The van der Waals surface area contributed by atoms with Crippen molar-refractivity contribution in [2.45, 2.75) is 58.4 Å². The third-order valence-corrected chi connectivity index (χ3v) is 3.58. The summed E-state index contributed by atoms with van der Waals surface area (Å²) < 4.78 is 0. The molecule has 0 unspecified atom stereocenters. The van der Waals surface area contributed by atoms with E-state index in [0.717, 1.165) is 6.42 Å². The SMILES string of the molecule is CC(C)[C@@H](N)CCN1CCCCCCC1. The molecule has 1 rings (SSSR count). The maximum atomic E-state index is 6.08. The molecule has 1 saturated heterocycles. The van der Waals surface area contributed by atoms with Crippen molar-refractivity contribution in [3.8, 4) is 0 Å². The van der Waals surface area contributed by atoms with Crippen molar-refractivity contribution in [3.63, 3.8) is 0 Å². The van der Waals surface area contributed by atoms with Gasteiger partial charge in [0, 0.05) is 6.04 Å². The molecule has 1 aliphatic rings. The summed E-state index contributed by atoms with van der Waals surface area (Å²) >= 11 is 0. The molecule has 0 spiro atoms. The molecule has 0 aliphatic carbocycles. The van der Waals surface area contributed by atoms with Crippen LogP contribution < -0.4 is 5.73 Å². The quantitative estimate of drug-likeness (QED) is 0.776. The summed E-state index contributed by atoms with van der Waals surface area (Å²) in [7, 11) is 0. The van der Waals surface area contributed by atoms with Crippen molar-refractivity contribution < 1.29 is 0 Å². The molecule has 0 bridgehead atoms. The molecule has 0 aromatic heterocycles. The second kappa shape index (κ2) is 7.24. The van der Waals surface area contributed by atoms with Gasteiger partial charge in [-0.2, -0.15) is 0 Å². The van der Waals surface area contributed by atoms with Gasteiger partial charge >= 0.3 is 0 Å². The van der Waals surface area contributed by atoms with Crippen LogP contribution in [0, 0.1) is 5.92 Å². The molecule has 90 valence electrons. The Morgan fingerprint density at radius 2 is 1.53 bits per heavy atom. The predicted octanol–water partition coefficient (Wildman–Crippen LogP) is 2.63. The standard InChI is InChI=1S/C13H28N2/c1-12(2)13(14)8-11-15-9-6-4-3-5-7-10-15/h12-13H,3-11,14H2,1-2H3/t13-/m0/s1. The third-order valence-electron chi connectivity index (χ3n) is 3.58. The first-order valence-electron chi connectivity index (χ1n) is 6.68. The molecule has 0 aromatic rings. The fraction of sp³-hybridized carbons (Fsp3) is 1.00. The lowest BCUT2D eigenvalue weighted by atomic mass is 10.0. The van der Waals surface area contributed by atoms with E-state index in [0.29, 0.717) is 12.0 Å². The summed E-state index contributed by atoms with van der Waals surface area (Å²) in [4.78, 5) is 2.61. The minimum Gasteiger partial charge on any atom is -0.327 e. The van der Waals surface area contributed by atoms with Gasteiger partial charge in [0.1, 0.15) is 0 Å². The van der Waals surface area contributed by atoms with Crippen LogP contribution >= 0.6 is 0 Å². The van der Waals surface area contributed by atoms with Gasteiger partial charge in [0.2, 0.25) is 0 Å². The summed E-state index contributed by atoms with van der Waals surface area (Å²) in [6.45, 7) is 8.24.